The Balaban J connectivity index is 3.20. The first kappa shape index (κ1) is 16.7. The highest BCUT2D eigenvalue weighted by atomic mass is 79.9. The molecule has 0 spiro atoms. The zero-order valence-corrected chi connectivity index (χ0v) is 14.2. The average Bonchev–Trinajstić information content (AvgIpc) is 2.68. The van der Waals surface area contributed by atoms with Crippen molar-refractivity contribution in [2.75, 3.05) is 7.05 Å². The van der Waals surface area contributed by atoms with E-state index in [2.05, 4.69) is 15.9 Å². The summed E-state index contributed by atoms with van der Waals surface area (Å²) < 4.78 is 31.6. The van der Waals surface area contributed by atoms with E-state index >= 15 is 0 Å². The van der Waals surface area contributed by atoms with E-state index in [1.165, 1.54) is 10.4 Å². The molecular weight excluding hydrogens is 334 g/mol. The van der Waals surface area contributed by atoms with Gasteiger partial charge in [-0.15, -0.1) is 0 Å². The fourth-order valence-corrected chi connectivity index (χ4v) is 4.06. The van der Waals surface area contributed by atoms with Gasteiger partial charge in [-0.25, -0.2) is 8.42 Å². The Labute approximate surface area is 122 Å². The average molecular weight is 354 g/mol. The van der Waals surface area contributed by atoms with Gasteiger partial charge in [-0.2, -0.15) is 4.31 Å². The van der Waals surface area contributed by atoms with Gasteiger partial charge >= 0.3 is 0 Å². The van der Waals surface area contributed by atoms with Crippen LogP contribution in [0.3, 0.4) is 0 Å². The minimum Gasteiger partial charge on any atom is -0.450 e. The number of rotatable bonds is 4. The van der Waals surface area contributed by atoms with Gasteiger partial charge < -0.3 is 9.52 Å². The van der Waals surface area contributed by atoms with Crippen LogP contribution in [-0.2, 0) is 16.6 Å². The minimum atomic E-state index is -3.66. The molecule has 1 heterocycles. The van der Waals surface area contributed by atoms with Gasteiger partial charge in [-0.3, -0.25) is 0 Å². The summed E-state index contributed by atoms with van der Waals surface area (Å²) >= 11 is 3.08. The van der Waals surface area contributed by atoms with Crippen LogP contribution >= 0.6 is 15.9 Å². The summed E-state index contributed by atoms with van der Waals surface area (Å²) in [4.78, 5) is 0.0372. The fraction of sp³-hybridized carbons (Fsp3) is 0.667. The van der Waals surface area contributed by atoms with Crippen molar-refractivity contribution >= 4 is 26.0 Å². The third kappa shape index (κ3) is 3.39. The highest BCUT2D eigenvalue weighted by Gasteiger charge is 2.34. The van der Waals surface area contributed by atoms with Crippen molar-refractivity contribution in [2.24, 2.45) is 5.41 Å². The second-order valence-corrected chi connectivity index (χ2v) is 8.26. The van der Waals surface area contributed by atoms with Crippen molar-refractivity contribution in [3.05, 3.63) is 16.5 Å². The van der Waals surface area contributed by atoms with Crippen molar-refractivity contribution in [3.63, 3.8) is 0 Å². The number of halogens is 1. The monoisotopic (exact) mass is 353 g/mol. The molecule has 7 heteroatoms. The number of furan rings is 1. The Morgan fingerprint density at radius 1 is 1.47 bits per heavy atom. The summed E-state index contributed by atoms with van der Waals surface area (Å²) in [7, 11) is -2.11. The highest BCUT2D eigenvalue weighted by Crippen LogP contribution is 2.32. The molecule has 1 unspecified atom stereocenters. The van der Waals surface area contributed by atoms with Crippen LogP contribution < -0.4 is 0 Å². The molecule has 1 rings (SSSR count). The lowest BCUT2D eigenvalue weighted by atomic mass is 9.88. The Morgan fingerprint density at radius 2 is 2.00 bits per heavy atom. The van der Waals surface area contributed by atoms with E-state index in [0.29, 0.717) is 0 Å². The third-order valence-electron chi connectivity index (χ3n) is 3.32. The van der Waals surface area contributed by atoms with E-state index in [0.717, 1.165) is 0 Å². The van der Waals surface area contributed by atoms with Crippen LogP contribution in [0.2, 0.25) is 0 Å². The molecule has 0 aliphatic rings. The predicted molar refractivity (Wildman–Crippen MR) is 76.2 cm³/mol. The fourth-order valence-electron chi connectivity index (χ4n) is 1.56. The summed E-state index contributed by atoms with van der Waals surface area (Å²) in [5, 5.41) is 9.00. The molecule has 0 saturated heterocycles. The molecule has 0 radical (unpaired) electrons. The Bertz CT molecular complexity index is 545. The van der Waals surface area contributed by atoms with E-state index in [1.807, 2.05) is 27.7 Å². The molecule has 19 heavy (non-hydrogen) atoms. The van der Waals surface area contributed by atoms with Gasteiger partial charge in [0.2, 0.25) is 10.0 Å². The summed E-state index contributed by atoms with van der Waals surface area (Å²) in [6.45, 7) is 7.46. The van der Waals surface area contributed by atoms with Crippen LogP contribution in [0.5, 0.6) is 0 Å². The summed E-state index contributed by atoms with van der Waals surface area (Å²) in [6.07, 6.45) is 0. The molecule has 0 aromatic carbocycles. The van der Waals surface area contributed by atoms with E-state index in [4.69, 9.17) is 9.52 Å². The Morgan fingerprint density at radius 3 is 2.37 bits per heavy atom. The van der Waals surface area contributed by atoms with Gasteiger partial charge in [-0.1, -0.05) is 20.8 Å². The summed E-state index contributed by atoms with van der Waals surface area (Å²) in [5.74, 6) is 0.210. The molecule has 1 atom stereocenters. The quantitative estimate of drug-likeness (QED) is 0.902. The number of nitrogens with zero attached hydrogens (tertiary/aromatic N) is 1. The van der Waals surface area contributed by atoms with E-state index in [9.17, 15) is 8.42 Å². The molecule has 5 nitrogen and oxygen atoms in total. The van der Waals surface area contributed by atoms with Crippen LogP contribution in [0.25, 0.3) is 0 Å². The molecule has 1 aromatic rings. The molecular formula is C12H20BrNO4S. The van der Waals surface area contributed by atoms with E-state index in [1.54, 1.807) is 7.05 Å². The first-order valence-corrected chi connectivity index (χ1v) is 8.12. The topological polar surface area (TPSA) is 70.8 Å². The van der Waals surface area contributed by atoms with Crippen molar-refractivity contribution < 1.29 is 17.9 Å². The van der Waals surface area contributed by atoms with Crippen LogP contribution in [-0.4, -0.2) is 30.9 Å². The molecule has 0 saturated carbocycles. The predicted octanol–water partition coefficient (Wildman–Crippen LogP) is 2.59. The van der Waals surface area contributed by atoms with Crippen LogP contribution in [0.4, 0.5) is 0 Å². The first-order valence-electron chi connectivity index (χ1n) is 5.89. The van der Waals surface area contributed by atoms with Gasteiger partial charge in [0.25, 0.3) is 0 Å². The van der Waals surface area contributed by atoms with Crippen molar-refractivity contribution in [1.82, 2.24) is 4.31 Å². The standard InChI is InChI=1S/C12H20BrNO4S/c1-8(12(2,3)4)14(5)19(16,17)10-6-9(7-15)18-11(10)13/h6,8,15H,7H2,1-5H3. The second kappa shape index (κ2) is 5.55. The molecule has 0 aliphatic carbocycles. The van der Waals surface area contributed by atoms with E-state index in [-0.39, 0.29) is 33.4 Å². The smallest absolute Gasteiger partial charge is 0.247 e. The van der Waals surface area contributed by atoms with Gasteiger partial charge in [0.15, 0.2) is 4.67 Å². The zero-order valence-electron chi connectivity index (χ0n) is 11.8. The maximum atomic E-state index is 12.5. The second-order valence-electron chi connectivity index (χ2n) is 5.57. The Hall–Kier alpha value is -0.370. The van der Waals surface area contributed by atoms with Crippen LogP contribution in [0, 0.1) is 5.41 Å². The summed E-state index contributed by atoms with van der Waals surface area (Å²) in [6, 6.07) is 1.16. The van der Waals surface area contributed by atoms with Crippen molar-refractivity contribution in [3.8, 4) is 0 Å². The molecule has 0 amide bonds. The first-order chi connectivity index (χ1) is 8.51. The van der Waals surface area contributed by atoms with Crippen molar-refractivity contribution in [1.29, 1.82) is 0 Å². The molecule has 0 bridgehead atoms. The maximum absolute atomic E-state index is 12.5. The lowest BCUT2D eigenvalue weighted by molar-refractivity contribution is 0.216. The molecule has 1 aromatic heterocycles. The zero-order chi connectivity index (χ0) is 15.0. The van der Waals surface area contributed by atoms with Crippen LogP contribution in [0.15, 0.2) is 20.0 Å². The number of aliphatic hydroxyl groups excluding tert-OH is 1. The Kier molecular flexibility index (Phi) is 4.88. The SMILES string of the molecule is CC(N(C)S(=O)(=O)c1cc(CO)oc1Br)C(C)(C)C. The normalized spacial score (nSPS) is 14.9. The lowest BCUT2D eigenvalue weighted by Gasteiger charge is -2.34. The number of aliphatic hydroxyl groups is 1. The third-order valence-corrected chi connectivity index (χ3v) is 6.10. The largest absolute Gasteiger partial charge is 0.450 e. The van der Waals surface area contributed by atoms with Gasteiger partial charge in [0.05, 0.1) is 0 Å². The molecule has 110 valence electrons. The molecule has 1 N–H and O–H groups in total. The maximum Gasteiger partial charge on any atom is 0.247 e. The van der Waals surface area contributed by atoms with Gasteiger partial charge in [-0.05, 0) is 28.3 Å². The number of sulfonamides is 1. The van der Waals surface area contributed by atoms with Gasteiger partial charge in [0.1, 0.15) is 17.3 Å². The summed E-state index contributed by atoms with van der Waals surface area (Å²) in [5.41, 5.74) is -0.183. The number of hydrogen-bond donors (Lipinski definition) is 1. The van der Waals surface area contributed by atoms with Crippen molar-refractivity contribution in [2.45, 2.75) is 45.2 Å². The highest BCUT2D eigenvalue weighted by molar-refractivity contribution is 9.10. The number of hydrogen-bond acceptors (Lipinski definition) is 4. The van der Waals surface area contributed by atoms with Crippen LogP contribution in [0.1, 0.15) is 33.5 Å². The van der Waals surface area contributed by atoms with E-state index < -0.39 is 10.0 Å². The molecule has 0 fully saturated rings. The minimum absolute atomic E-state index is 0.0372. The lowest BCUT2D eigenvalue weighted by Crippen LogP contribution is -2.42. The molecule has 0 aliphatic heterocycles. The van der Waals surface area contributed by atoms with Gasteiger partial charge in [0, 0.05) is 19.2 Å².